The lowest BCUT2D eigenvalue weighted by atomic mass is 10.1. The summed E-state index contributed by atoms with van der Waals surface area (Å²) in [6, 6.07) is 5.21. The Morgan fingerprint density at radius 1 is 1.30 bits per heavy atom. The van der Waals surface area contributed by atoms with Gasteiger partial charge in [0.15, 0.2) is 5.13 Å². The zero-order chi connectivity index (χ0) is 14.4. The number of thiazole rings is 1. The monoisotopic (exact) mass is 292 g/mol. The van der Waals surface area contributed by atoms with E-state index >= 15 is 0 Å². The summed E-state index contributed by atoms with van der Waals surface area (Å²) in [5.74, 6) is 0.912. The Kier molecular flexibility index (Phi) is 4.95. The molecule has 0 aliphatic carbocycles. The second-order valence-corrected chi connectivity index (χ2v) is 4.71. The van der Waals surface area contributed by atoms with Crippen molar-refractivity contribution >= 4 is 22.4 Å². The highest BCUT2D eigenvalue weighted by molar-refractivity contribution is 7.13. The van der Waals surface area contributed by atoms with Crippen LogP contribution < -0.4 is 14.8 Å². The molecule has 2 aromatic rings. The van der Waals surface area contributed by atoms with Crippen molar-refractivity contribution in [3.8, 4) is 11.5 Å². The van der Waals surface area contributed by atoms with E-state index in [2.05, 4.69) is 10.3 Å². The molecule has 106 valence electrons. The molecule has 0 aliphatic heterocycles. The molecule has 0 bridgehead atoms. The predicted molar refractivity (Wildman–Crippen MR) is 78.8 cm³/mol. The molecule has 0 saturated heterocycles. The van der Waals surface area contributed by atoms with Crippen LogP contribution in [0.15, 0.2) is 29.8 Å². The highest BCUT2D eigenvalue weighted by Crippen LogP contribution is 2.25. The number of nitrogens with one attached hydrogen (secondary N) is 1. The van der Waals surface area contributed by atoms with Crippen LogP contribution in [0.5, 0.6) is 11.5 Å². The second kappa shape index (κ2) is 6.91. The molecule has 6 heteroatoms. The summed E-state index contributed by atoms with van der Waals surface area (Å²) in [4.78, 5) is 16.3. The van der Waals surface area contributed by atoms with E-state index in [0.29, 0.717) is 35.4 Å². The van der Waals surface area contributed by atoms with Crippen LogP contribution in [-0.4, -0.2) is 24.1 Å². The van der Waals surface area contributed by atoms with Crippen molar-refractivity contribution in [3.05, 3.63) is 35.3 Å². The average molecular weight is 292 g/mol. The van der Waals surface area contributed by atoms with Crippen molar-refractivity contribution in [1.82, 2.24) is 4.98 Å². The van der Waals surface area contributed by atoms with Gasteiger partial charge in [-0.05, 0) is 32.0 Å². The quantitative estimate of drug-likeness (QED) is 0.888. The van der Waals surface area contributed by atoms with Crippen molar-refractivity contribution in [3.63, 3.8) is 0 Å². The van der Waals surface area contributed by atoms with Gasteiger partial charge in [-0.1, -0.05) is 0 Å². The highest BCUT2D eigenvalue weighted by Gasteiger charge is 2.15. The minimum Gasteiger partial charge on any atom is -0.494 e. The molecule has 0 radical (unpaired) electrons. The fourth-order valence-corrected chi connectivity index (χ4v) is 2.20. The Labute approximate surface area is 121 Å². The van der Waals surface area contributed by atoms with E-state index in [9.17, 15) is 4.79 Å². The van der Waals surface area contributed by atoms with Crippen LogP contribution in [0.2, 0.25) is 0 Å². The number of carbonyl (C=O) groups is 1. The van der Waals surface area contributed by atoms with E-state index in [0.717, 1.165) is 0 Å². The van der Waals surface area contributed by atoms with Gasteiger partial charge in [-0.15, -0.1) is 11.3 Å². The first-order valence-electron chi connectivity index (χ1n) is 6.35. The van der Waals surface area contributed by atoms with Crippen LogP contribution in [0.4, 0.5) is 5.13 Å². The summed E-state index contributed by atoms with van der Waals surface area (Å²) in [6.45, 7) is 4.80. The molecule has 0 unspecified atom stereocenters. The third-order valence-electron chi connectivity index (χ3n) is 2.46. The largest absolute Gasteiger partial charge is 0.494 e. The number of nitrogens with zero attached hydrogens (tertiary/aromatic N) is 1. The van der Waals surface area contributed by atoms with Gasteiger partial charge in [0, 0.05) is 11.6 Å². The standard InChI is InChI=1S/C14H16N2O3S/c1-3-18-10-5-6-12(19-4-2)11(9-10)13(17)16-14-15-7-8-20-14/h5-9H,3-4H2,1-2H3,(H,15,16,17). The fourth-order valence-electron chi connectivity index (χ4n) is 1.67. The van der Waals surface area contributed by atoms with Gasteiger partial charge >= 0.3 is 0 Å². The van der Waals surface area contributed by atoms with E-state index in [4.69, 9.17) is 9.47 Å². The molecule has 1 N–H and O–H groups in total. The molecule has 5 nitrogen and oxygen atoms in total. The van der Waals surface area contributed by atoms with Gasteiger partial charge in [0.1, 0.15) is 11.5 Å². The zero-order valence-corrected chi connectivity index (χ0v) is 12.2. The summed E-state index contributed by atoms with van der Waals surface area (Å²) in [5.41, 5.74) is 0.438. The van der Waals surface area contributed by atoms with Crippen LogP contribution >= 0.6 is 11.3 Å². The van der Waals surface area contributed by atoms with Gasteiger partial charge in [-0.25, -0.2) is 4.98 Å². The number of rotatable bonds is 6. The number of hydrogen-bond donors (Lipinski definition) is 1. The summed E-state index contributed by atoms with van der Waals surface area (Å²) < 4.78 is 10.9. The highest BCUT2D eigenvalue weighted by atomic mass is 32.1. The van der Waals surface area contributed by atoms with Gasteiger partial charge in [-0.3, -0.25) is 10.1 Å². The molecule has 0 atom stereocenters. The van der Waals surface area contributed by atoms with Gasteiger partial charge in [-0.2, -0.15) is 0 Å². The van der Waals surface area contributed by atoms with E-state index in [1.807, 2.05) is 13.8 Å². The molecule has 1 heterocycles. The molecule has 1 amide bonds. The van der Waals surface area contributed by atoms with Gasteiger partial charge in [0.2, 0.25) is 0 Å². The van der Waals surface area contributed by atoms with Crippen molar-refractivity contribution in [2.75, 3.05) is 18.5 Å². The smallest absolute Gasteiger partial charge is 0.261 e. The molecule has 0 saturated carbocycles. The molecule has 0 aliphatic rings. The predicted octanol–water partition coefficient (Wildman–Crippen LogP) is 3.19. The third kappa shape index (κ3) is 3.48. The molecule has 0 fully saturated rings. The van der Waals surface area contributed by atoms with Crippen molar-refractivity contribution in [2.24, 2.45) is 0 Å². The Balaban J connectivity index is 2.25. The number of amides is 1. The maximum absolute atomic E-state index is 12.3. The number of carbonyl (C=O) groups excluding carboxylic acids is 1. The van der Waals surface area contributed by atoms with Crippen LogP contribution in [0.25, 0.3) is 0 Å². The lowest BCUT2D eigenvalue weighted by Gasteiger charge is -2.11. The van der Waals surface area contributed by atoms with E-state index < -0.39 is 0 Å². The fraction of sp³-hybridized carbons (Fsp3) is 0.286. The average Bonchev–Trinajstić information content (AvgIpc) is 2.94. The van der Waals surface area contributed by atoms with Crippen molar-refractivity contribution < 1.29 is 14.3 Å². The minimum absolute atomic E-state index is 0.259. The Hall–Kier alpha value is -2.08. The van der Waals surface area contributed by atoms with Crippen LogP contribution in [0.3, 0.4) is 0 Å². The maximum Gasteiger partial charge on any atom is 0.261 e. The lowest BCUT2D eigenvalue weighted by Crippen LogP contribution is -2.14. The molecule has 20 heavy (non-hydrogen) atoms. The Bertz CT molecular complexity index is 570. The summed E-state index contributed by atoms with van der Waals surface area (Å²) in [6.07, 6.45) is 1.64. The van der Waals surface area contributed by atoms with E-state index in [-0.39, 0.29) is 5.91 Å². The van der Waals surface area contributed by atoms with Crippen molar-refractivity contribution in [2.45, 2.75) is 13.8 Å². The van der Waals surface area contributed by atoms with Crippen LogP contribution in [0, 0.1) is 0 Å². The SMILES string of the molecule is CCOc1ccc(OCC)c(C(=O)Nc2nccs2)c1. The maximum atomic E-state index is 12.3. The number of benzene rings is 1. The van der Waals surface area contributed by atoms with Crippen LogP contribution in [0.1, 0.15) is 24.2 Å². The number of hydrogen-bond acceptors (Lipinski definition) is 5. The molecule has 1 aromatic heterocycles. The summed E-state index contributed by atoms with van der Waals surface area (Å²) in [5, 5.41) is 5.10. The molecule has 0 spiro atoms. The molecule has 1 aromatic carbocycles. The topological polar surface area (TPSA) is 60.5 Å². The second-order valence-electron chi connectivity index (χ2n) is 3.82. The first kappa shape index (κ1) is 14.3. The molecular formula is C14H16N2O3S. The normalized spacial score (nSPS) is 10.1. The van der Waals surface area contributed by atoms with E-state index in [1.165, 1.54) is 11.3 Å². The minimum atomic E-state index is -0.259. The first-order valence-corrected chi connectivity index (χ1v) is 7.23. The van der Waals surface area contributed by atoms with E-state index in [1.54, 1.807) is 29.8 Å². The van der Waals surface area contributed by atoms with Crippen molar-refractivity contribution in [1.29, 1.82) is 0 Å². The lowest BCUT2D eigenvalue weighted by molar-refractivity contribution is 0.102. The van der Waals surface area contributed by atoms with Gasteiger partial charge in [0.05, 0.1) is 18.8 Å². The summed E-state index contributed by atoms with van der Waals surface area (Å²) in [7, 11) is 0. The van der Waals surface area contributed by atoms with Gasteiger partial charge < -0.3 is 9.47 Å². The van der Waals surface area contributed by atoms with Crippen LogP contribution in [-0.2, 0) is 0 Å². The first-order chi connectivity index (χ1) is 9.74. The molecule has 2 rings (SSSR count). The third-order valence-corrected chi connectivity index (χ3v) is 3.15. The van der Waals surface area contributed by atoms with Gasteiger partial charge in [0.25, 0.3) is 5.91 Å². The summed E-state index contributed by atoms with van der Waals surface area (Å²) >= 11 is 1.36. The molecular weight excluding hydrogens is 276 g/mol. The Morgan fingerprint density at radius 2 is 2.10 bits per heavy atom. The number of anilines is 1. The Morgan fingerprint density at radius 3 is 2.75 bits per heavy atom. The zero-order valence-electron chi connectivity index (χ0n) is 11.4. The number of ether oxygens (including phenoxy) is 2. The number of aromatic nitrogens is 1.